The summed E-state index contributed by atoms with van der Waals surface area (Å²) in [5.41, 5.74) is 0. The second-order valence-electron chi connectivity index (χ2n) is 4.74. The van der Waals surface area contributed by atoms with Crippen LogP contribution in [0.2, 0.25) is 0 Å². The summed E-state index contributed by atoms with van der Waals surface area (Å²) in [5.74, 6) is 1.53. The molecule has 14 heavy (non-hydrogen) atoms. The molecule has 0 bridgehead atoms. The van der Waals surface area contributed by atoms with Crippen LogP contribution >= 0.6 is 0 Å². The average molecular weight is 199 g/mol. The summed E-state index contributed by atoms with van der Waals surface area (Å²) in [6.07, 6.45) is 4.12. The highest BCUT2D eigenvalue weighted by Crippen LogP contribution is 2.27. The van der Waals surface area contributed by atoms with Gasteiger partial charge in [-0.1, -0.05) is 20.8 Å². The largest absolute Gasteiger partial charge is 0.378 e. The number of hydrogen-bond acceptors (Lipinski definition) is 2. The van der Waals surface area contributed by atoms with Gasteiger partial charge < -0.3 is 10.1 Å². The van der Waals surface area contributed by atoms with Crippen molar-refractivity contribution in [2.75, 3.05) is 13.7 Å². The fraction of sp³-hybridized carbons (Fsp3) is 1.00. The maximum atomic E-state index is 5.70. The Balaban J connectivity index is 2.48. The van der Waals surface area contributed by atoms with E-state index in [-0.39, 0.29) is 0 Å². The van der Waals surface area contributed by atoms with Crippen molar-refractivity contribution in [1.29, 1.82) is 0 Å². The van der Waals surface area contributed by atoms with E-state index in [0.717, 1.165) is 24.9 Å². The third kappa shape index (κ3) is 2.96. The van der Waals surface area contributed by atoms with E-state index < -0.39 is 0 Å². The van der Waals surface area contributed by atoms with E-state index in [0.29, 0.717) is 12.1 Å². The third-order valence-electron chi connectivity index (χ3n) is 3.42. The van der Waals surface area contributed by atoms with Crippen molar-refractivity contribution in [2.45, 2.75) is 52.2 Å². The molecule has 0 amide bonds. The van der Waals surface area contributed by atoms with Gasteiger partial charge in [-0.2, -0.15) is 0 Å². The lowest BCUT2D eigenvalue weighted by Crippen LogP contribution is -2.42. The molecule has 1 aliphatic heterocycles. The Morgan fingerprint density at radius 1 is 1.43 bits per heavy atom. The second-order valence-corrected chi connectivity index (χ2v) is 4.74. The van der Waals surface area contributed by atoms with Gasteiger partial charge in [0.2, 0.25) is 0 Å². The lowest BCUT2D eigenvalue weighted by Gasteiger charge is -2.36. The summed E-state index contributed by atoms with van der Waals surface area (Å²) in [4.78, 5) is 0. The SMILES string of the molecule is CCC1CC(C(NC)C(C)C)CCO1. The van der Waals surface area contributed by atoms with Gasteiger partial charge in [0.05, 0.1) is 6.10 Å². The maximum Gasteiger partial charge on any atom is 0.0575 e. The van der Waals surface area contributed by atoms with Crippen molar-refractivity contribution < 1.29 is 4.74 Å². The van der Waals surface area contributed by atoms with Gasteiger partial charge in [-0.15, -0.1) is 0 Å². The standard InChI is InChI=1S/C12H25NO/c1-5-11-8-10(6-7-14-11)12(13-4)9(2)3/h9-13H,5-8H2,1-4H3. The summed E-state index contributed by atoms with van der Waals surface area (Å²) in [7, 11) is 2.08. The molecule has 1 fully saturated rings. The first-order chi connectivity index (χ1) is 6.69. The van der Waals surface area contributed by atoms with E-state index in [9.17, 15) is 0 Å². The monoisotopic (exact) mass is 199 g/mol. The molecule has 1 rings (SSSR count). The van der Waals surface area contributed by atoms with Gasteiger partial charge in [-0.25, -0.2) is 0 Å². The molecule has 0 spiro atoms. The minimum absolute atomic E-state index is 0.503. The second kappa shape index (κ2) is 5.72. The van der Waals surface area contributed by atoms with E-state index >= 15 is 0 Å². The highest BCUT2D eigenvalue weighted by Gasteiger charge is 2.28. The van der Waals surface area contributed by atoms with E-state index in [1.165, 1.54) is 12.8 Å². The van der Waals surface area contributed by atoms with Gasteiger partial charge in [0.15, 0.2) is 0 Å². The van der Waals surface area contributed by atoms with Gasteiger partial charge in [-0.05, 0) is 38.1 Å². The van der Waals surface area contributed by atoms with E-state index in [1.54, 1.807) is 0 Å². The maximum absolute atomic E-state index is 5.70. The van der Waals surface area contributed by atoms with Crippen LogP contribution in [0.4, 0.5) is 0 Å². The van der Waals surface area contributed by atoms with E-state index in [1.807, 2.05) is 0 Å². The van der Waals surface area contributed by atoms with Crippen molar-refractivity contribution in [1.82, 2.24) is 5.32 Å². The summed E-state index contributed by atoms with van der Waals surface area (Å²) >= 11 is 0. The summed E-state index contributed by atoms with van der Waals surface area (Å²) in [5, 5.41) is 3.46. The van der Waals surface area contributed by atoms with Crippen LogP contribution in [-0.4, -0.2) is 25.8 Å². The van der Waals surface area contributed by atoms with Crippen molar-refractivity contribution in [3.63, 3.8) is 0 Å². The zero-order valence-electron chi connectivity index (χ0n) is 10.0. The molecular weight excluding hydrogens is 174 g/mol. The van der Waals surface area contributed by atoms with Crippen LogP contribution in [0, 0.1) is 11.8 Å². The van der Waals surface area contributed by atoms with Crippen LogP contribution in [0.15, 0.2) is 0 Å². The summed E-state index contributed by atoms with van der Waals surface area (Å²) in [6.45, 7) is 7.78. The zero-order valence-corrected chi connectivity index (χ0v) is 10.0. The molecule has 0 aromatic rings. The Morgan fingerprint density at radius 2 is 2.14 bits per heavy atom. The van der Waals surface area contributed by atoms with Crippen LogP contribution in [0.25, 0.3) is 0 Å². The molecule has 84 valence electrons. The minimum atomic E-state index is 0.503. The topological polar surface area (TPSA) is 21.3 Å². The highest BCUT2D eigenvalue weighted by molar-refractivity contribution is 4.82. The Hall–Kier alpha value is -0.0800. The van der Waals surface area contributed by atoms with Crippen LogP contribution in [0.3, 0.4) is 0 Å². The van der Waals surface area contributed by atoms with Crippen molar-refractivity contribution in [3.8, 4) is 0 Å². The number of hydrogen-bond donors (Lipinski definition) is 1. The molecule has 2 nitrogen and oxygen atoms in total. The molecule has 1 saturated heterocycles. The molecule has 0 aromatic heterocycles. The average Bonchev–Trinajstić information content (AvgIpc) is 2.19. The van der Waals surface area contributed by atoms with Crippen LogP contribution in [-0.2, 0) is 4.74 Å². The van der Waals surface area contributed by atoms with Crippen LogP contribution in [0.5, 0.6) is 0 Å². The quantitative estimate of drug-likeness (QED) is 0.751. The lowest BCUT2D eigenvalue weighted by molar-refractivity contribution is -0.0218. The number of rotatable bonds is 4. The van der Waals surface area contributed by atoms with E-state index in [2.05, 4.69) is 33.1 Å². The zero-order chi connectivity index (χ0) is 10.6. The summed E-state index contributed by atoms with van der Waals surface area (Å²) < 4.78 is 5.70. The minimum Gasteiger partial charge on any atom is -0.378 e. The molecule has 1 aliphatic rings. The van der Waals surface area contributed by atoms with Gasteiger partial charge in [0.25, 0.3) is 0 Å². The molecule has 2 heteroatoms. The predicted octanol–water partition coefficient (Wildman–Crippen LogP) is 2.44. The van der Waals surface area contributed by atoms with Crippen LogP contribution < -0.4 is 5.32 Å². The first-order valence-electron chi connectivity index (χ1n) is 5.97. The molecule has 0 aromatic carbocycles. The van der Waals surface area contributed by atoms with Crippen molar-refractivity contribution in [2.24, 2.45) is 11.8 Å². The fourth-order valence-corrected chi connectivity index (χ4v) is 2.63. The molecule has 1 N–H and O–H groups in total. The van der Waals surface area contributed by atoms with Gasteiger partial charge >= 0.3 is 0 Å². The Morgan fingerprint density at radius 3 is 2.64 bits per heavy atom. The number of ether oxygens (including phenoxy) is 1. The van der Waals surface area contributed by atoms with Gasteiger partial charge in [0, 0.05) is 12.6 Å². The molecule has 0 saturated carbocycles. The molecule has 1 heterocycles. The lowest BCUT2D eigenvalue weighted by atomic mass is 9.82. The van der Waals surface area contributed by atoms with Crippen molar-refractivity contribution in [3.05, 3.63) is 0 Å². The Kier molecular flexibility index (Phi) is 4.90. The first kappa shape index (κ1) is 12.0. The molecule has 0 radical (unpaired) electrons. The molecule has 3 atom stereocenters. The number of nitrogens with one attached hydrogen (secondary N) is 1. The molecule has 3 unspecified atom stereocenters. The summed E-state index contributed by atoms with van der Waals surface area (Å²) in [6, 6.07) is 0.660. The third-order valence-corrected chi connectivity index (χ3v) is 3.42. The van der Waals surface area contributed by atoms with Gasteiger partial charge in [0.1, 0.15) is 0 Å². The highest BCUT2D eigenvalue weighted by atomic mass is 16.5. The van der Waals surface area contributed by atoms with Crippen molar-refractivity contribution >= 4 is 0 Å². The molecule has 0 aliphatic carbocycles. The molecular formula is C12H25NO. The smallest absolute Gasteiger partial charge is 0.0575 e. The van der Waals surface area contributed by atoms with Gasteiger partial charge in [-0.3, -0.25) is 0 Å². The Bertz CT molecular complexity index is 158. The van der Waals surface area contributed by atoms with E-state index in [4.69, 9.17) is 4.74 Å². The predicted molar refractivity (Wildman–Crippen MR) is 60.4 cm³/mol. The first-order valence-corrected chi connectivity index (χ1v) is 5.97. The fourth-order valence-electron chi connectivity index (χ4n) is 2.63. The normalized spacial score (nSPS) is 30.6. The van der Waals surface area contributed by atoms with Crippen LogP contribution in [0.1, 0.15) is 40.0 Å². The Labute approximate surface area is 88.4 Å².